The van der Waals surface area contributed by atoms with Gasteiger partial charge in [-0.25, -0.2) is 4.39 Å². The van der Waals surface area contributed by atoms with E-state index in [1.807, 2.05) is 0 Å². The van der Waals surface area contributed by atoms with Crippen LogP contribution in [-0.4, -0.2) is 28.8 Å². The number of rotatable bonds is 2. The SMILES string of the molecule is CC1(C)NC(=O)CN(Cc2cc(Cl)ccc2F)C1=O. The number of nitrogens with one attached hydrogen (secondary N) is 1. The Labute approximate surface area is 115 Å². The van der Waals surface area contributed by atoms with Crippen LogP contribution in [0.3, 0.4) is 0 Å². The minimum Gasteiger partial charge on any atom is -0.341 e. The summed E-state index contributed by atoms with van der Waals surface area (Å²) in [5.41, 5.74) is -0.670. The molecule has 1 aromatic carbocycles. The summed E-state index contributed by atoms with van der Waals surface area (Å²) < 4.78 is 13.6. The highest BCUT2D eigenvalue weighted by atomic mass is 35.5. The van der Waals surface area contributed by atoms with Gasteiger partial charge < -0.3 is 10.2 Å². The number of hydrogen-bond acceptors (Lipinski definition) is 2. The number of nitrogens with zero attached hydrogens (tertiary/aromatic N) is 1. The van der Waals surface area contributed by atoms with Crippen molar-refractivity contribution in [2.75, 3.05) is 6.54 Å². The van der Waals surface area contributed by atoms with Crippen LogP contribution in [0.2, 0.25) is 5.02 Å². The van der Waals surface area contributed by atoms with E-state index in [9.17, 15) is 14.0 Å². The molecule has 1 aliphatic heterocycles. The van der Waals surface area contributed by atoms with Gasteiger partial charge in [0.05, 0.1) is 6.54 Å². The first-order chi connectivity index (χ1) is 8.79. The molecular formula is C13H14ClFN2O2. The lowest BCUT2D eigenvalue weighted by Gasteiger charge is -2.37. The van der Waals surface area contributed by atoms with Crippen molar-refractivity contribution in [3.8, 4) is 0 Å². The highest BCUT2D eigenvalue weighted by Gasteiger charge is 2.39. The smallest absolute Gasteiger partial charge is 0.248 e. The minimum atomic E-state index is -0.968. The molecule has 0 unspecified atom stereocenters. The van der Waals surface area contributed by atoms with Gasteiger partial charge in [0.15, 0.2) is 0 Å². The number of hydrogen-bond donors (Lipinski definition) is 1. The average Bonchev–Trinajstić information content (AvgIpc) is 2.29. The van der Waals surface area contributed by atoms with Crippen LogP contribution in [0.1, 0.15) is 19.4 Å². The van der Waals surface area contributed by atoms with Crippen LogP contribution in [-0.2, 0) is 16.1 Å². The molecule has 1 saturated heterocycles. The summed E-state index contributed by atoms with van der Waals surface area (Å²) in [6.45, 7) is 3.19. The number of benzene rings is 1. The molecule has 19 heavy (non-hydrogen) atoms. The molecule has 0 aliphatic carbocycles. The fourth-order valence-corrected chi connectivity index (χ4v) is 2.27. The van der Waals surface area contributed by atoms with Crippen LogP contribution in [0.5, 0.6) is 0 Å². The van der Waals surface area contributed by atoms with E-state index in [-0.39, 0.29) is 24.9 Å². The van der Waals surface area contributed by atoms with Crippen molar-refractivity contribution in [3.05, 3.63) is 34.6 Å². The molecule has 6 heteroatoms. The first-order valence-electron chi connectivity index (χ1n) is 5.84. The summed E-state index contributed by atoms with van der Waals surface area (Å²) in [6.07, 6.45) is 0. The Hall–Kier alpha value is -1.62. The molecule has 0 bridgehead atoms. The van der Waals surface area contributed by atoms with Gasteiger partial charge in [-0.3, -0.25) is 9.59 Å². The van der Waals surface area contributed by atoms with E-state index in [0.717, 1.165) is 0 Å². The van der Waals surface area contributed by atoms with Crippen molar-refractivity contribution in [2.45, 2.75) is 25.9 Å². The quantitative estimate of drug-likeness (QED) is 0.899. The third-order valence-corrected chi connectivity index (χ3v) is 3.21. The van der Waals surface area contributed by atoms with Crippen LogP contribution in [0.4, 0.5) is 4.39 Å². The highest BCUT2D eigenvalue weighted by molar-refractivity contribution is 6.30. The van der Waals surface area contributed by atoms with E-state index in [1.165, 1.54) is 23.1 Å². The van der Waals surface area contributed by atoms with E-state index in [4.69, 9.17) is 11.6 Å². The molecule has 1 fully saturated rings. The summed E-state index contributed by atoms with van der Waals surface area (Å²) in [5.74, 6) is -0.945. The van der Waals surface area contributed by atoms with Crippen LogP contribution >= 0.6 is 11.6 Å². The lowest BCUT2D eigenvalue weighted by atomic mass is 10.00. The second-order valence-corrected chi connectivity index (χ2v) is 5.51. The Morgan fingerprint density at radius 3 is 2.79 bits per heavy atom. The lowest BCUT2D eigenvalue weighted by molar-refractivity contribution is -0.149. The molecule has 0 aromatic heterocycles. The van der Waals surface area contributed by atoms with Crippen molar-refractivity contribution in [1.82, 2.24) is 10.2 Å². The first kappa shape index (κ1) is 13.8. The number of carbonyl (C=O) groups is 2. The molecule has 4 nitrogen and oxygen atoms in total. The molecule has 102 valence electrons. The van der Waals surface area contributed by atoms with Gasteiger partial charge in [0.25, 0.3) is 0 Å². The molecule has 1 aromatic rings. The molecule has 0 atom stereocenters. The standard InChI is InChI=1S/C13H14ClFN2O2/c1-13(2)12(19)17(7-11(18)16-13)6-8-5-9(14)3-4-10(8)15/h3-5H,6-7H2,1-2H3,(H,16,18). The number of piperazine rings is 1. The van der Waals surface area contributed by atoms with E-state index in [1.54, 1.807) is 13.8 Å². The van der Waals surface area contributed by atoms with E-state index in [0.29, 0.717) is 10.6 Å². The summed E-state index contributed by atoms with van der Waals surface area (Å²) in [7, 11) is 0. The van der Waals surface area contributed by atoms with Crippen LogP contribution < -0.4 is 5.32 Å². The summed E-state index contributed by atoms with van der Waals surface area (Å²) >= 11 is 5.81. The fourth-order valence-electron chi connectivity index (χ4n) is 2.08. The molecule has 1 heterocycles. The number of amides is 2. The largest absolute Gasteiger partial charge is 0.341 e. The van der Waals surface area contributed by atoms with Crippen LogP contribution in [0.15, 0.2) is 18.2 Å². The molecule has 0 spiro atoms. The third kappa shape index (κ3) is 2.87. The monoisotopic (exact) mass is 284 g/mol. The maximum Gasteiger partial charge on any atom is 0.248 e. The first-order valence-corrected chi connectivity index (χ1v) is 6.22. The summed E-state index contributed by atoms with van der Waals surface area (Å²) in [5, 5.41) is 2.99. The molecule has 2 rings (SSSR count). The van der Waals surface area contributed by atoms with Gasteiger partial charge in [-0.15, -0.1) is 0 Å². The second kappa shape index (κ2) is 4.81. The van der Waals surface area contributed by atoms with Gasteiger partial charge in [0, 0.05) is 17.1 Å². The molecule has 1 N–H and O–H groups in total. The van der Waals surface area contributed by atoms with Crippen LogP contribution in [0.25, 0.3) is 0 Å². The molecular weight excluding hydrogens is 271 g/mol. The van der Waals surface area contributed by atoms with Gasteiger partial charge in [-0.2, -0.15) is 0 Å². The Balaban J connectivity index is 2.24. The summed E-state index contributed by atoms with van der Waals surface area (Å²) in [4.78, 5) is 25.0. The molecule has 0 saturated carbocycles. The van der Waals surface area contributed by atoms with Crippen LogP contribution in [0, 0.1) is 5.82 Å². The molecule has 2 amide bonds. The Kier molecular flexibility index (Phi) is 3.49. The zero-order chi connectivity index (χ0) is 14.2. The van der Waals surface area contributed by atoms with E-state index in [2.05, 4.69) is 5.32 Å². The Morgan fingerprint density at radius 1 is 1.42 bits per heavy atom. The summed E-state index contributed by atoms with van der Waals surface area (Å²) in [6, 6.07) is 4.15. The minimum absolute atomic E-state index is 0.0298. The van der Waals surface area contributed by atoms with Crippen molar-refractivity contribution in [1.29, 1.82) is 0 Å². The Bertz CT molecular complexity index is 545. The molecule has 0 radical (unpaired) electrons. The predicted octanol–water partition coefficient (Wildman–Crippen LogP) is 1.72. The number of carbonyl (C=O) groups excluding carboxylic acids is 2. The van der Waals surface area contributed by atoms with Gasteiger partial charge in [-0.1, -0.05) is 11.6 Å². The van der Waals surface area contributed by atoms with Crippen molar-refractivity contribution >= 4 is 23.4 Å². The maximum atomic E-state index is 13.6. The van der Waals surface area contributed by atoms with Crippen molar-refractivity contribution < 1.29 is 14.0 Å². The predicted molar refractivity (Wildman–Crippen MR) is 69.0 cm³/mol. The van der Waals surface area contributed by atoms with Gasteiger partial charge in [-0.05, 0) is 32.0 Å². The van der Waals surface area contributed by atoms with E-state index >= 15 is 0 Å². The second-order valence-electron chi connectivity index (χ2n) is 5.07. The van der Waals surface area contributed by atoms with Gasteiger partial charge in [0.1, 0.15) is 11.4 Å². The topological polar surface area (TPSA) is 49.4 Å². The van der Waals surface area contributed by atoms with Gasteiger partial charge >= 0.3 is 0 Å². The van der Waals surface area contributed by atoms with Gasteiger partial charge in [0.2, 0.25) is 11.8 Å². The van der Waals surface area contributed by atoms with Crippen molar-refractivity contribution in [2.24, 2.45) is 0 Å². The molecule has 1 aliphatic rings. The van der Waals surface area contributed by atoms with Crippen molar-refractivity contribution in [3.63, 3.8) is 0 Å². The number of halogens is 2. The Morgan fingerprint density at radius 2 is 2.11 bits per heavy atom. The highest BCUT2D eigenvalue weighted by Crippen LogP contribution is 2.20. The third-order valence-electron chi connectivity index (χ3n) is 2.98. The normalized spacial score (nSPS) is 18.4. The lowest BCUT2D eigenvalue weighted by Crippen LogP contribution is -2.63. The fraction of sp³-hybridized carbons (Fsp3) is 0.385. The maximum absolute atomic E-state index is 13.6. The zero-order valence-corrected chi connectivity index (χ0v) is 11.4. The average molecular weight is 285 g/mol. The van der Waals surface area contributed by atoms with E-state index < -0.39 is 11.4 Å². The zero-order valence-electron chi connectivity index (χ0n) is 10.7.